The van der Waals surface area contributed by atoms with Gasteiger partial charge in [-0.15, -0.1) is 0 Å². The maximum atomic E-state index is 15.1. The molecule has 4 aliphatic carbocycles. The summed E-state index contributed by atoms with van der Waals surface area (Å²) in [5.74, 6) is 0.824. The molecule has 2 aromatic rings. The van der Waals surface area contributed by atoms with Gasteiger partial charge in [0.25, 0.3) is 5.69 Å². The van der Waals surface area contributed by atoms with E-state index in [0.29, 0.717) is 23.3 Å². The minimum Gasteiger partial charge on any atom is -0.351 e. The number of hydrogen-bond acceptors (Lipinski definition) is 6. The lowest BCUT2D eigenvalue weighted by Crippen LogP contribution is -2.56. The van der Waals surface area contributed by atoms with E-state index in [-0.39, 0.29) is 16.5 Å². The Morgan fingerprint density at radius 1 is 1.03 bits per heavy atom. The van der Waals surface area contributed by atoms with Crippen molar-refractivity contribution >= 4 is 34.8 Å². The minimum atomic E-state index is -1.63. The van der Waals surface area contributed by atoms with Crippen LogP contribution in [0, 0.1) is 61.4 Å². The molecule has 7 nitrogen and oxygen atoms in total. The number of nitro benzene ring substituents is 1. The van der Waals surface area contributed by atoms with Crippen LogP contribution in [0.1, 0.15) is 55.6 Å². The third kappa shape index (κ3) is 3.29. The van der Waals surface area contributed by atoms with Crippen LogP contribution >= 0.6 is 11.6 Å². The van der Waals surface area contributed by atoms with Crippen LogP contribution in [0.25, 0.3) is 6.08 Å². The lowest BCUT2D eigenvalue weighted by atomic mass is 9.47. The van der Waals surface area contributed by atoms with Crippen molar-refractivity contribution in [2.75, 3.05) is 4.90 Å². The first kappa shape index (κ1) is 24.4. The largest absolute Gasteiger partial charge is 0.351 e. The Labute approximate surface area is 231 Å². The molecule has 0 radical (unpaired) electrons. The van der Waals surface area contributed by atoms with Gasteiger partial charge >= 0.3 is 0 Å². The van der Waals surface area contributed by atoms with E-state index in [2.05, 4.69) is 12.1 Å². The monoisotopic (exact) mass is 538 g/mol. The fourth-order valence-corrected chi connectivity index (χ4v) is 9.38. The molecular weight excluding hydrogens is 512 g/mol. The van der Waals surface area contributed by atoms with E-state index < -0.39 is 33.8 Å². The number of fused-ring (bicyclic) bond motifs is 3. The van der Waals surface area contributed by atoms with Crippen molar-refractivity contribution < 1.29 is 9.72 Å². The van der Waals surface area contributed by atoms with Gasteiger partial charge in [-0.2, -0.15) is 10.5 Å². The topological polar surface area (TPSA) is 111 Å². The molecule has 0 amide bonds. The highest BCUT2D eigenvalue weighted by atomic mass is 35.5. The number of halogens is 1. The van der Waals surface area contributed by atoms with Crippen molar-refractivity contribution in [3.63, 3.8) is 0 Å². The number of hydrogen-bond donors (Lipinski definition) is 0. The second-order valence-corrected chi connectivity index (χ2v) is 12.7. The van der Waals surface area contributed by atoms with Crippen LogP contribution in [0.3, 0.4) is 0 Å². The lowest BCUT2D eigenvalue weighted by molar-refractivity contribution is -0.384. The van der Waals surface area contributed by atoms with Crippen molar-refractivity contribution in [2.45, 2.75) is 56.5 Å². The summed E-state index contributed by atoms with van der Waals surface area (Å²) in [6.07, 6.45) is 9.88. The Hall–Kier alpha value is -3.68. The number of carbonyl (C=O) groups excluding carboxylic acids is 1. The standard InChI is InChI=1S/C31H27ClN4O3/c32-23-7-5-22(12-25(23)36(38)39)27-28(29(37)30-13-18-9-19(14-30)11-20(10-18)15-30)35-24-4-2-1-3-21(24)6-8-26(35)31(27,16-33)17-34/h1-8,12,18-20,26-28H,9-11,13-15H2/t18?,19?,20?,26-,27?,28+,30?/m1/s1. The van der Waals surface area contributed by atoms with Gasteiger partial charge in [-0.3, -0.25) is 14.9 Å². The summed E-state index contributed by atoms with van der Waals surface area (Å²) in [4.78, 5) is 28.4. The molecule has 8 heteroatoms. The molecule has 2 aliphatic heterocycles. The van der Waals surface area contributed by atoms with Crippen LogP contribution in [0.15, 0.2) is 48.5 Å². The molecule has 2 heterocycles. The van der Waals surface area contributed by atoms with Gasteiger partial charge in [0.15, 0.2) is 11.2 Å². The number of nitriles is 2. The molecule has 0 spiro atoms. The number of ketones is 1. The van der Waals surface area contributed by atoms with E-state index in [9.17, 15) is 20.6 Å². The maximum absolute atomic E-state index is 15.1. The summed E-state index contributed by atoms with van der Waals surface area (Å²) >= 11 is 6.18. The van der Waals surface area contributed by atoms with Crippen molar-refractivity contribution in [2.24, 2.45) is 28.6 Å². The Morgan fingerprint density at radius 3 is 2.28 bits per heavy atom. The second kappa shape index (κ2) is 8.41. The number of nitro groups is 1. The number of Topliss-reactive ketones (excluding diaryl/α,β-unsaturated/α-hetero) is 1. The third-order valence-electron chi connectivity index (χ3n) is 10.3. The summed E-state index contributed by atoms with van der Waals surface area (Å²) in [5.41, 5.74) is -0.247. The molecule has 1 unspecified atom stereocenters. The van der Waals surface area contributed by atoms with Crippen molar-refractivity contribution in [1.82, 2.24) is 0 Å². The molecule has 3 atom stereocenters. The molecule has 8 rings (SSSR count). The highest BCUT2D eigenvalue weighted by Gasteiger charge is 2.67. The number of nitrogens with zero attached hydrogens (tertiary/aromatic N) is 4. The summed E-state index contributed by atoms with van der Waals surface area (Å²) in [6.45, 7) is 0. The highest BCUT2D eigenvalue weighted by molar-refractivity contribution is 6.32. The average molecular weight is 539 g/mol. The quantitative estimate of drug-likeness (QED) is 0.327. The van der Waals surface area contributed by atoms with Crippen molar-refractivity contribution in [3.05, 3.63) is 74.8 Å². The Bertz CT molecular complexity index is 1490. The third-order valence-corrected chi connectivity index (χ3v) is 10.6. The lowest BCUT2D eigenvalue weighted by Gasteiger charge is -2.57. The molecule has 4 bridgehead atoms. The molecule has 6 aliphatic rings. The van der Waals surface area contributed by atoms with E-state index >= 15 is 4.79 Å². The van der Waals surface area contributed by atoms with E-state index in [1.807, 2.05) is 41.3 Å². The molecule has 0 N–H and O–H groups in total. The average Bonchev–Trinajstić information content (AvgIpc) is 3.23. The second-order valence-electron chi connectivity index (χ2n) is 12.3. The summed E-state index contributed by atoms with van der Waals surface area (Å²) in [5, 5.41) is 33.2. The summed E-state index contributed by atoms with van der Waals surface area (Å²) in [6, 6.07) is 15.4. The van der Waals surface area contributed by atoms with Gasteiger partial charge < -0.3 is 4.90 Å². The molecule has 39 heavy (non-hydrogen) atoms. The molecule has 4 saturated carbocycles. The van der Waals surface area contributed by atoms with Crippen LogP contribution in [0.4, 0.5) is 11.4 Å². The molecule has 0 aromatic heterocycles. The normalized spacial score (nSPS) is 34.6. The highest BCUT2D eigenvalue weighted by Crippen LogP contribution is 2.64. The molecular formula is C31H27ClN4O3. The Kier molecular flexibility index (Phi) is 5.25. The van der Waals surface area contributed by atoms with Gasteiger partial charge in [-0.1, -0.05) is 48.0 Å². The van der Waals surface area contributed by atoms with E-state index in [4.69, 9.17) is 11.6 Å². The maximum Gasteiger partial charge on any atom is 0.288 e. The number of carbonyl (C=O) groups is 1. The first-order chi connectivity index (χ1) is 18.8. The van der Waals surface area contributed by atoms with Crippen molar-refractivity contribution in [3.8, 4) is 12.1 Å². The van der Waals surface area contributed by atoms with Crippen LogP contribution < -0.4 is 4.90 Å². The molecule has 196 valence electrons. The fourth-order valence-electron chi connectivity index (χ4n) is 9.20. The predicted molar refractivity (Wildman–Crippen MR) is 146 cm³/mol. The molecule has 2 aromatic carbocycles. The van der Waals surface area contributed by atoms with Crippen LogP contribution in [0.2, 0.25) is 5.02 Å². The Balaban J connectivity index is 1.46. The number of para-hydroxylation sites is 1. The predicted octanol–water partition coefficient (Wildman–Crippen LogP) is 6.44. The van der Waals surface area contributed by atoms with Crippen LogP contribution in [-0.2, 0) is 4.79 Å². The van der Waals surface area contributed by atoms with E-state index in [1.54, 1.807) is 6.07 Å². The van der Waals surface area contributed by atoms with Gasteiger partial charge in [-0.25, -0.2) is 0 Å². The molecule has 1 saturated heterocycles. The number of rotatable bonds is 4. The zero-order valence-corrected chi connectivity index (χ0v) is 22.1. The van der Waals surface area contributed by atoms with Crippen LogP contribution in [0.5, 0.6) is 0 Å². The van der Waals surface area contributed by atoms with Crippen LogP contribution in [-0.4, -0.2) is 22.8 Å². The summed E-state index contributed by atoms with van der Waals surface area (Å²) < 4.78 is 0. The SMILES string of the molecule is N#CC1(C#N)C(c2ccc(Cl)c([N+](=O)[O-])c2)[C@@H](C(=O)C23CC4CC(CC(C4)C2)C3)N2c3ccccc3C=C[C@@H]21. The Morgan fingerprint density at radius 2 is 1.67 bits per heavy atom. The summed E-state index contributed by atoms with van der Waals surface area (Å²) in [7, 11) is 0. The minimum absolute atomic E-state index is 0.0202. The number of benzene rings is 2. The number of anilines is 1. The molecule has 5 fully saturated rings. The smallest absolute Gasteiger partial charge is 0.288 e. The first-order valence-electron chi connectivity index (χ1n) is 13.7. The van der Waals surface area contributed by atoms with Gasteiger partial charge in [0.1, 0.15) is 5.02 Å². The van der Waals surface area contributed by atoms with Gasteiger partial charge in [0, 0.05) is 23.1 Å². The van der Waals surface area contributed by atoms with Gasteiger partial charge in [-0.05, 0) is 79.5 Å². The van der Waals surface area contributed by atoms with Crippen molar-refractivity contribution in [1.29, 1.82) is 10.5 Å². The zero-order valence-electron chi connectivity index (χ0n) is 21.3. The van der Waals surface area contributed by atoms with Gasteiger partial charge in [0.05, 0.1) is 29.1 Å². The zero-order chi connectivity index (χ0) is 27.1. The van der Waals surface area contributed by atoms with E-state index in [0.717, 1.165) is 30.5 Å². The first-order valence-corrected chi connectivity index (χ1v) is 14.0. The van der Waals surface area contributed by atoms with E-state index in [1.165, 1.54) is 31.4 Å². The fraction of sp³-hybridized carbons (Fsp3) is 0.452. The van der Waals surface area contributed by atoms with Gasteiger partial charge in [0.2, 0.25) is 0 Å².